The summed E-state index contributed by atoms with van der Waals surface area (Å²) >= 11 is 0. The summed E-state index contributed by atoms with van der Waals surface area (Å²) in [5.74, 6) is -0.198. The quantitative estimate of drug-likeness (QED) is 0.845. The molecule has 0 saturated heterocycles. The van der Waals surface area contributed by atoms with E-state index in [0.29, 0.717) is 11.4 Å². The minimum atomic E-state index is -3.68. The molecule has 0 unspecified atom stereocenters. The lowest BCUT2D eigenvalue weighted by Gasteiger charge is -2.13. The molecule has 126 valence electrons. The topological polar surface area (TPSA) is 59.6 Å². The van der Waals surface area contributed by atoms with Gasteiger partial charge >= 0.3 is 12.3 Å². The van der Waals surface area contributed by atoms with Gasteiger partial charge < -0.3 is 20.1 Å². The van der Waals surface area contributed by atoms with Crippen LogP contribution in [-0.4, -0.2) is 12.3 Å². The average Bonchev–Trinajstić information content (AvgIpc) is 2.81. The van der Waals surface area contributed by atoms with Gasteiger partial charge in [-0.05, 0) is 55.7 Å². The van der Waals surface area contributed by atoms with Gasteiger partial charge in [0.15, 0.2) is 11.5 Å². The summed E-state index contributed by atoms with van der Waals surface area (Å²) in [5.41, 5.74) is 4.20. The second-order valence-corrected chi connectivity index (χ2v) is 5.59. The highest BCUT2D eigenvalue weighted by Gasteiger charge is 2.43. The molecule has 0 radical (unpaired) electrons. The van der Waals surface area contributed by atoms with E-state index < -0.39 is 12.3 Å². The van der Waals surface area contributed by atoms with Crippen LogP contribution in [0.1, 0.15) is 16.7 Å². The van der Waals surface area contributed by atoms with E-state index in [2.05, 4.69) is 20.1 Å². The molecule has 0 fully saturated rings. The summed E-state index contributed by atoms with van der Waals surface area (Å²) in [6, 6.07) is 7.30. The minimum absolute atomic E-state index is 0.0732. The van der Waals surface area contributed by atoms with E-state index in [1.54, 1.807) is 0 Å². The van der Waals surface area contributed by atoms with Gasteiger partial charge in [0.25, 0.3) is 0 Å². The second kappa shape index (κ2) is 5.67. The number of rotatable bonds is 2. The molecule has 0 atom stereocenters. The van der Waals surface area contributed by atoms with Crippen LogP contribution in [0.3, 0.4) is 0 Å². The third-order valence-corrected chi connectivity index (χ3v) is 3.97. The van der Waals surface area contributed by atoms with Crippen LogP contribution in [0.2, 0.25) is 0 Å². The standard InChI is InChI=1S/C17H16F2N2O3/c1-9-4-6-13(11(3)10(9)2)21-16(22)20-12-5-7-14-15(8-12)24-17(18,19)23-14/h4-8H,1-3H3,(H2,20,21,22). The molecule has 2 aromatic rings. The Labute approximate surface area is 137 Å². The van der Waals surface area contributed by atoms with Crippen molar-refractivity contribution in [3.05, 3.63) is 47.0 Å². The number of carbonyl (C=O) groups excluding carboxylic acids is 1. The van der Waals surface area contributed by atoms with E-state index in [4.69, 9.17) is 0 Å². The van der Waals surface area contributed by atoms with Crippen molar-refractivity contribution in [2.24, 2.45) is 0 Å². The van der Waals surface area contributed by atoms with Crippen LogP contribution < -0.4 is 20.1 Å². The van der Waals surface area contributed by atoms with Crippen LogP contribution in [0.25, 0.3) is 0 Å². The third-order valence-electron chi connectivity index (χ3n) is 3.97. The number of carbonyl (C=O) groups is 1. The number of ether oxygens (including phenoxy) is 2. The first-order chi connectivity index (χ1) is 11.2. The zero-order valence-corrected chi connectivity index (χ0v) is 13.4. The molecule has 0 aromatic heterocycles. The van der Waals surface area contributed by atoms with Crippen LogP contribution in [0.4, 0.5) is 25.0 Å². The lowest BCUT2D eigenvalue weighted by molar-refractivity contribution is -0.286. The molecule has 0 bridgehead atoms. The molecule has 2 amide bonds. The van der Waals surface area contributed by atoms with Gasteiger partial charge in [0, 0.05) is 17.4 Å². The molecule has 7 heteroatoms. The summed E-state index contributed by atoms with van der Waals surface area (Å²) in [7, 11) is 0. The zero-order chi connectivity index (χ0) is 17.5. The van der Waals surface area contributed by atoms with Crippen LogP contribution in [0.15, 0.2) is 30.3 Å². The van der Waals surface area contributed by atoms with E-state index in [1.165, 1.54) is 18.2 Å². The Morgan fingerprint density at radius 1 is 0.958 bits per heavy atom. The fourth-order valence-electron chi connectivity index (χ4n) is 2.40. The highest BCUT2D eigenvalue weighted by atomic mass is 19.3. The number of hydrogen-bond acceptors (Lipinski definition) is 3. The molecule has 1 heterocycles. The van der Waals surface area contributed by atoms with Crippen LogP contribution >= 0.6 is 0 Å². The van der Waals surface area contributed by atoms with Gasteiger partial charge in [-0.2, -0.15) is 0 Å². The molecule has 3 rings (SSSR count). The van der Waals surface area contributed by atoms with Gasteiger partial charge in [0.2, 0.25) is 0 Å². The number of anilines is 2. The van der Waals surface area contributed by atoms with Gasteiger partial charge in [0.1, 0.15) is 0 Å². The summed E-state index contributed by atoms with van der Waals surface area (Å²) in [5, 5.41) is 5.32. The summed E-state index contributed by atoms with van der Waals surface area (Å²) in [6.07, 6.45) is -3.68. The maximum atomic E-state index is 13.0. The van der Waals surface area contributed by atoms with Crippen molar-refractivity contribution < 1.29 is 23.0 Å². The fraction of sp³-hybridized carbons (Fsp3) is 0.235. The first kappa shape index (κ1) is 16.0. The predicted octanol–water partition coefficient (Wildman–Crippen LogP) is 4.58. The van der Waals surface area contributed by atoms with Crippen molar-refractivity contribution in [2.45, 2.75) is 27.1 Å². The lowest BCUT2D eigenvalue weighted by Crippen LogP contribution is -2.25. The molecule has 5 nitrogen and oxygen atoms in total. The van der Waals surface area contributed by atoms with Crippen LogP contribution in [-0.2, 0) is 0 Å². The van der Waals surface area contributed by atoms with Crippen LogP contribution in [0.5, 0.6) is 11.5 Å². The Morgan fingerprint density at radius 3 is 2.42 bits per heavy atom. The molecule has 1 aliphatic heterocycles. The van der Waals surface area contributed by atoms with E-state index in [0.717, 1.165) is 16.7 Å². The van der Waals surface area contributed by atoms with Crippen molar-refractivity contribution in [3.8, 4) is 11.5 Å². The number of fused-ring (bicyclic) bond motifs is 1. The molecule has 0 saturated carbocycles. The Morgan fingerprint density at radius 2 is 1.67 bits per heavy atom. The van der Waals surface area contributed by atoms with Crippen LogP contribution in [0, 0.1) is 20.8 Å². The maximum Gasteiger partial charge on any atom is 0.586 e. The van der Waals surface area contributed by atoms with Gasteiger partial charge in [-0.3, -0.25) is 0 Å². The number of nitrogens with one attached hydrogen (secondary N) is 2. The van der Waals surface area contributed by atoms with Gasteiger partial charge in [0.05, 0.1) is 0 Å². The fourth-order valence-corrected chi connectivity index (χ4v) is 2.40. The van der Waals surface area contributed by atoms with E-state index >= 15 is 0 Å². The SMILES string of the molecule is Cc1ccc(NC(=O)Nc2ccc3c(c2)OC(F)(F)O3)c(C)c1C. The normalized spacial score (nSPS) is 14.4. The second-order valence-electron chi connectivity index (χ2n) is 5.59. The monoisotopic (exact) mass is 334 g/mol. The first-order valence-corrected chi connectivity index (χ1v) is 7.30. The molecular formula is C17H16F2N2O3. The Bertz CT molecular complexity index is 822. The molecular weight excluding hydrogens is 318 g/mol. The highest BCUT2D eigenvalue weighted by Crippen LogP contribution is 2.42. The van der Waals surface area contributed by atoms with Gasteiger partial charge in [-0.1, -0.05) is 6.07 Å². The Kier molecular flexibility index (Phi) is 3.79. The number of hydrogen-bond donors (Lipinski definition) is 2. The summed E-state index contributed by atoms with van der Waals surface area (Å²) in [4.78, 5) is 12.1. The minimum Gasteiger partial charge on any atom is -0.395 e. The average molecular weight is 334 g/mol. The van der Waals surface area contributed by atoms with Crippen molar-refractivity contribution in [1.82, 2.24) is 0 Å². The number of alkyl halides is 2. The Hall–Kier alpha value is -2.83. The van der Waals surface area contributed by atoms with Gasteiger partial charge in [-0.25, -0.2) is 4.79 Å². The number of amides is 2. The lowest BCUT2D eigenvalue weighted by atomic mass is 10.0. The third kappa shape index (κ3) is 3.10. The van der Waals surface area contributed by atoms with Crippen molar-refractivity contribution in [3.63, 3.8) is 0 Å². The number of halogens is 2. The zero-order valence-electron chi connectivity index (χ0n) is 13.4. The number of aryl methyl sites for hydroxylation is 1. The molecule has 0 aliphatic carbocycles. The predicted molar refractivity (Wildman–Crippen MR) is 85.9 cm³/mol. The van der Waals surface area contributed by atoms with Crippen molar-refractivity contribution in [1.29, 1.82) is 0 Å². The molecule has 2 N–H and O–H groups in total. The highest BCUT2D eigenvalue weighted by molar-refractivity contribution is 6.00. The number of benzene rings is 2. The first-order valence-electron chi connectivity index (χ1n) is 7.30. The summed E-state index contributed by atoms with van der Waals surface area (Å²) in [6.45, 7) is 5.89. The smallest absolute Gasteiger partial charge is 0.395 e. The number of urea groups is 1. The largest absolute Gasteiger partial charge is 0.586 e. The van der Waals surface area contributed by atoms with E-state index in [-0.39, 0.29) is 11.5 Å². The molecule has 0 spiro atoms. The maximum absolute atomic E-state index is 13.0. The Balaban J connectivity index is 1.72. The van der Waals surface area contributed by atoms with E-state index in [9.17, 15) is 13.6 Å². The molecule has 1 aliphatic rings. The van der Waals surface area contributed by atoms with Gasteiger partial charge in [-0.15, -0.1) is 8.78 Å². The van der Waals surface area contributed by atoms with E-state index in [1.807, 2.05) is 32.9 Å². The molecule has 24 heavy (non-hydrogen) atoms. The van der Waals surface area contributed by atoms with Crippen molar-refractivity contribution >= 4 is 17.4 Å². The van der Waals surface area contributed by atoms with Crippen molar-refractivity contribution in [2.75, 3.05) is 10.6 Å². The molecule has 2 aromatic carbocycles. The summed E-state index contributed by atoms with van der Waals surface area (Å²) < 4.78 is 34.6.